The van der Waals surface area contributed by atoms with E-state index in [0.29, 0.717) is 0 Å². The van der Waals surface area contributed by atoms with E-state index in [1.54, 1.807) is 0 Å². The highest BCUT2D eigenvalue weighted by molar-refractivity contribution is 5.78. The van der Waals surface area contributed by atoms with Crippen LogP contribution in [0.4, 0.5) is 0 Å². The van der Waals surface area contributed by atoms with E-state index in [1.165, 1.54) is 19.3 Å². The number of unbranched alkanes of at least 4 members (excludes halogenated alkanes) is 2. The summed E-state index contributed by atoms with van der Waals surface area (Å²) in [7, 11) is 0. The minimum atomic E-state index is 0. The molecule has 2 heteroatoms. The van der Waals surface area contributed by atoms with Crippen LogP contribution in [0.2, 0.25) is 0 Å². The zero-order chi connectivity index (χ0) is 10.3. The van der Waals surface area contributed by atoms with Crippen LogP contribution in [-0.2, 0) is 4.79 Å². The summed E-state index contributed by atoms with van der Waals surface area (Å²) >= 11 is 0. The Morgan fingerprint density at radius 3 is 2.38 bits per heavy atom. The first kappa shape index (κ1) is 12.5. The molecule has 80 valence electrons. The van der Waals surface area contributed by atoms with Crippen molar-refractivity contribution < 1.29 is 6.22 Å². The van der Waals surface area contributed by atoms with Crippen molar-refractivity contribution in [3.63, 3.8) is 0 Å². The normalized spacial score (nSPS) is 13.0. The standard InChI is InChI=1S/C11H23NO.H2/c1-5-6-7-8-10(4)11(13)12-9(2)3;/h9-10H,5-8H2,1-4H3,(H,12,13);1H/t10-;/m0./s1. The lowest BCUT2D eigenvalue weighted by Gasteiger charge is -2.13. The van der Waals surface area contributed by atoms with E-state index < -0.39 is 0 Å². The lowest BCUT2D eigenvalue weighted by Crippen LogP contribution is -2.34. The average molecular weight is 187 g/mol. The van der Waals surface area contributed by atoms with Crippen LogP contribution >= 0.6 is 0 Å². The molecule has 0 unspecified atom stereocenters. The van der Waals surface area contributed by atoms with Gasteiger partial charge in [-0.25, -0.2) is 0 Å². The number of carbonyl (C=O) groups is 1. The van der Waals surface area contributed by atoms with Crippen LogP contribution in [0.5, 0.6) is 0 Å². The smallest absolute Gasteiger partial charge is 0.223 e. The van der Waals surface area contributed by atoms with Gasteiger partial charge in [-0.15, -0.1) is 0 Å². The fourth-order valence-corrected chi connectivity index (χ4v) is 1.26. The number of carbonyl (C=O) groups excluding carboxylic acids is 1. The molecule has 0 saturated carbocycles. The van der Waals surface area contributed by atoms with Gasteiger partial charge in [-0.05, 0) is 20.3 Å². The maximum atomic E-state index is 11.4. The maximum absolute atomic E-state index is 11.4. The van der Waals surface area contributed by atoms with E-state index >= 15 is 0 Å². The Morgan fingerprint density at radius 2 is 1.92 bits per heavy atom. The molecule has 0 aliphatic carbocycles. The van der Waals surface area contributed by atoms with Crippen molar-refractivity contribution in [2.75, 3.05) is 0 Å². The highest BCUT2D eigenvalue weighted by atomic mass is 16.1. The fraction of sp³-hybridized carbons (Fsp3) is 0.909. The third-order valence-corrected chi connectivity index (χ3v) is 2.12. The zero-order valence-electron chi connectivity index (χ0n) is 9.39. The Balaban J connectivity index is 0. The number of nitrogens with one attached hydrogen (secondary N) is 1. The fourth-order valence-electron chi connectivity index (χ4n) is 1.26. The van der Waals surface area contributed by atoms with Gasteiger partial charge < -0.3 is 5.32 Å². The van der Waals surface area contributed by atoms with Gasteiger partial charge in [0.25, 0.3) is 0 Å². The molecule has 0 aromatic heterocycles. The first-order valence-electron chi connectivity index (χ1n) is 5.38. The number of amides is 1. The van der Waals surface area contributed by atoms with Crippen molar-refractivity contribution in [1.29, 1.82) is 0 Å². The van der Waals surface area contributed by atoms with Crippen molar-refractivity contribution in [3.8, 4) is 0 Å². The van der Waals surface area contributed by atoms with Gasteiger partial charge in [0.15, 0.2) is 0 Å². The lowest BCUT2D eigenvalue weighted by molar-refractivity contribution is -0.125. The molecule has 0 radical (unpaired) electrons. The van der Waals surface area contributed by atoms with E-state index in [1.807, 2.05) is 20.8 Å². The van der Waals surface area contributed by atoms with Gasteiger partial charge in [0.2, 0.25) is 5.91 Å². The van der Waals surface area contributed by atoms with Crippen molar-refractivity contribution in [3.05, 3.63) is 0 Å². The summed E-state index contributed by atoms with van der Waals surface area (Å²) in [5.74, 6) is 0.375. The van der Waals surface area contributed by atoms with Crippen molar-refractivity contribution in [2.45, 2.75) is 59.4 Å². The van der Waals surface area contributed by atoms with E-state index in [-0.39, 0.29) is 19.3 Å². The maximum Gasteiger partial charge on any atom is 0.223 e. The first-order valence-corrected chi connectivity index (χ1v) is 5.38. The van der Waals surface area contributed by atoms with Gasteiger partial charge in [0.1, 0.15) is 0 Å². The molecular formula is C11H25NO. The Kier molecular flexibility index (Phi) is 6.65. The summed E-state index contributed by atoms with van der Waals surface area (Å²) in [6, 6.07) is 0.265. The van der Waals surface area contributed by atoms with Crippen LogP contribution in [0.25, 0.3) is 0 Å². The molecule has 1 N–H and O–H groups in total. The molecule has 13 heavy (non-hydrogen) atoms. The third kappa shape index (κ3) is 6.62. The molecule has 0 heterocycles. The second kappa shape index (κ2) is 6.93. The van der Waals surface area contributed by atoms with Crippen LogP contribution in [-0.4, -0.2) is 11.9 Å². The van der Waals surface area contributed by atoms with Gasteiger partial charge in [-0.2, -0.15) is 0 Å². The highest BCUT2D eigenvalue weighted by Crippen LogP contribution is 2.09. The molecule has 1 amide bonds. The summed E-state index contributed by atoms with van der Waals surface area (Å²) in [5.41, 5.74) is 0. The van der Waals surface area contributed by atoms with Crippen molar-refractivity contribution >= 4 is 5.91 Å². The van der Waals surface area contributed by atoms with Gasteiger partial charge in [-0.1, -0.05) is 33.1 Å². The second-order valence-corrected chi connectivity index (χ2v) is 4.06. The largest absolute Gasteiger partial charge is 0.354 e. The van der Waals surface area contributed by atoms with E-state index in [4.69, 9.17) is 0 Å². The third-order valence-electron chi connectivity index (χ3n) is 2.12. The predicted octanol–water partition coefficient (Wildman–Crippen LogP) is 2.97. The van der Waals surface area contributed by atoms with Gasteiger partial charge in [-0.3, -0.25) is 4.79 Å². The molecule has 2 nitrogen and oxygen atoms in total. The molecule has 0 spiro atoms. The van der Waals surface area contributed by atoms with Crippen LogP contribution in [0.15, 0.2) is 0 Å². The topological polar surface area (TPSA) is 29.1 Å². The summed E-state index contributed by atoms with van der Waals surface area (Å²) in [4.78, 5) is 11.4. The SMILES string of the molecule is CCCCC[C@H](C)C(=O)NC(C)C.[HH]. The minimum Gasteiger partial charge on any atom is -0.354 e. The zero-order valence-corrected chi connectivity index (χ0v) is 9.39. The molecule has 0 fully saturated rings. The van der Waals surface area contributed by atoms with Gasteiger partial charge >= 0.3 is 0 Å². The Hall–Kier alpha value is -0.530. The van der Waals surface area contributed by atoms with Crippen LogP contribution < -0.4 is 5.32 Å². The Labute approximate surface area is 83.6 Å². The molecule has 0 aliphatic rings. The van der Waals surface area contributed by atoms with Crippen LogP contribution in [0.1, 0.15) is 54.8 Å². The van der Waals surface area contributed by atoms with Crippen molar-refractivity contribution in [1.82, 2.24) is 5.32 Å². The molecule has 1 atom stereocenters. The molecule has 0 saturated heterocycles. The van der Waals surface area contributed by atoms with Crippen LogP contribution in [0.3, 0.4) is 0 Å². The van der Waals surface area contributed by atoms with Gasteiger partial charge in [0, 0.05) is 13.4 Å². The first-order chi connectivity index (χ1) is 6.07. The van der Waals surface area contributed by atoms with E-state index in [2.05, 4.69) is 12.2 Å². The highest BCUT2D eigenvalue weighted by Gasteiger charge is 2.12. The molecule has 0 bridgehead atoms. The monoisotopic (exact) mass is 187 g/mol. The Morgan fingerprint density at radius 1 is 1.31 bits per heavy atom. The lowest BCUT2D eigenvalue weighted by atomic mass is 10.0. The quantitative estimate of drug-likeness (QED) is 0.636. The van der Waals surface area contributed by atoms with E-state index in [9.17, 15) is 4.79 Å². The molecule has 0 rings (SSSR count). The summed E-state index contributed by atoms with van der Waals surface area (Å²) in [6.45, 7) is 8.18. The van der Waals surface area contributed by atoms with Gasteiger partial charge in [0.05, 0.1) is 0 Å². The van der Waals surface area contributed by atoms with Crippen molar-refractivity contribution in [2.24, 2.45) is 5.92 Å². The number of rotatable bonds is 6. The second-order valence-electron chi connectivity index (χ2n) is 4.06. The van der Waals surface area contributed by atoms with E-state index in [0.717, 1.165) is 6.42 Å². The summed E-state index contributed by atoms with van der Waals surface area (Å²) < 4.78 is 0. The molecular weight excluding hydrogens is 162 g/mol. The molecule has 0 aromatic rings. The molecule has 0 aromatic carbocycles. The van der Waals surface area contributed by atoms with Crippen LogP contribution in [0, 0.1) is 5.92 Å². The average Bonchev–Trinajstić information content (AvgIpc) is 2.03. The Bertz CT molecular complexity index is 148. The minimum absolute atomic E-state index is 0. The molecule has 0 aliphatic heterocycles. The number of hydrogen-bond donors (Lipinski definition) is 1. The predicted molar refractivity (Wildman–Crippen MR) is 58.7 cm³/mol. The summed E-state index contributed by atoms with van der Waals surface area (Å²) in [5, 5.41) is 2.93. The number of hydrogen-bond acceptors (Lipinski definition) is 1. The summed E-state index contributed by atoms with van der Waals surface area (Å²) in [6.07, 6.45) is 4.65.